The van der Waals surface area contributed by atoms with Gasteiger partial charge in [0.15, 0.2) is 11.5 Å². The fraction of sp³-hybridized carbons (Fsp3) is 0.312. The van der Waals surface area contributed by atoms with E-state index in [9.17, 15) is 4.79 Å². The molecule has 0 spiro atoms. The van der Waals surface area contributed by atoms with Crippen molar-refractivity contribution in [3.05, 3.63) is 29.1 Å². The maximum Gasteiger partial charge on any atom is 0.227 e. The Hall–Kier alpha value is -3.01. The van der Waals surface area contributed by atoms with Crippen molar-refractivity contribution in [2.24, 2.45) is 0 Å². The minimum absolute atomic E-state index is 0.188. The molecule has 0 aliphatic heterocycles. The first-order valence-corrected chi connectivity index (χ1v) is 8.55. The van der Waals surface area contributed by atoms with Crippen molar-refractivity contribution in [3.63, 3.8) is 0 Å². The van der Waals surface area contributed by atoms with Crippen molar-refractivity contribution in [1.82, 2.24) is 20.3 Å². The highest BCUT2D eigenvalue weighted by atomic mass is 32.1. The molecule has 3 aromatic rings. The lowest BCUT2D eigenvalue weighted by atomic mass is 10.2. The van der Waals surface area contributed by atoms with Gasteiger partial charge in [-0.1, -0.05) is 16.5 Å². The number of methoxy groups -OCH3 is 2. The lowest BCUT2D eigenvalue weighted by Crippen LogP contribution is -2.12. The molecule has 0 aliphatic carbocycles. The van der Waals surface area contributed by atoms with E-state index in [1.807, 2.05) is 6.92 Å². The molecule has 0 saturated carbocycles. The maximum absolute atomic E-state index is 11.9. The summed E-state index contributed by atoms with van der Waals surface area (Å²) in [5.41, 5.74) is 0.728. The van der Waals surface area contributed by atoms with Gasteiger partial charge >= 0.3 is 0 Å². The third-order valence-corrected chi connectivity index (χ3v) is 4.20. The van der Waals surface area contributed by atoms with Crippen molar-refractivity contribution in [2.75, 3.05) is 19.5 Å². The molecular formula is C16H17N5O4S. The van der Waals surface area contributed by atoms with Crippen LogP contribution in [0.15, 0.2) is 22.7 Å². The van der Waals surface area contributed by atoms with Crippen molar-refractivity contribution in [2.45, 2.75) is 19.8 Å². The van der Waals surface area contributed by atoms with Crippen LogP contribution < -0.4 is 14.8 Å². The molecule has 136 valence electrons. The van der Waals surface area contributed by atoms with Crippen LogP contribution in [0.4, 0.5) is 5.13 Å². The van der Waals surface area contributed by atoms with Crippen LogP contribution in [0.2, 0.25) is 0 Å². The quantitative estimate of drug-likeness (QED) is 0.670. The number of carbonyl (C=O) groups excluding carboxylic acids is 1. The van der Waals surface area contributed by atoms with E-state index in [1.54, 1.807) is 32.4 Å². The first-order valence-electron chi connectivity index (χ1n) is 7.74. The second-order valence-electron chi connectivity index (χ2n) is 5.26. The van der Waals surface area contributed by atoms with E-state index >= 15 is 0 Å². The van der Waals surface area contributed by atoms with Gasteiger partial charge in [0.2, 0.25) is 22.8 Å². The van der Waals surface area contributed by atoms with E-state index in [2.05, 4.69) is 25.7 Å². The summed E-state index contributed by atoms with van der Waals surface area (Å²) in [5.74, 6) is 1.79. The maximum atomic E-state index is 11.9. The van der Waals surface area contributed by atoms with Gasteiger partial charge in [-0.2, -0.15) is 4.98 Å². The molecule has 3 rings (SSSR count). The Bertz CT molecular complexity index is 908. The van der Waals surface area contributed by atoms with Gasteiger partial charge in [-0.3, -0.25) is 4.79 Å². The molecule has 0 radical (unpaired) electrons. The first-order chi connectivity index (χ1) is 12.6. The Morgan fingerprint density at radius 2 is 2.04 bits per heavy atom. The Morgan fingerprint density at radius 1 is 1.23 bits per heavy atom. The minimum atomic E-state index is -0.188. The molecule has 10 heteroatoms. The smallest absolute Gasteiger partial charge is 0.227 e. The van der Waals surface area contributed by atoms with Gasteiger partial charge in [0.05, 0.1) is 14.2 Å². The Kier molecular flexibility index (Phi) is 5.42. The van der Waals surface area contributed by atoms with Gasteiger partial charge < -0.3 is 19.3 Å². The number of aryl methyl sites for hydroxylation is 2. The van der Waals surface area contributed by atoms with Crippen LogP contribution in [-0.4, -0.2) is 40.5 Å². The average molecular weight is 375 g/mol. The zero-order valence-electron chi connectivity index (χ0n) is 14.5. The minimum Gasteiger partial charge on any atom is -0.493 e. The number of carbonyl (C=O) groups is 1. The molecule has 1 N–H and O–H groups in total. The fourth-order valence-corrected chi connectivity index (χ4v) is 2.81. The third-order valence-electron chi connectivity index (χ3n) is 3.45. The largest absolute Gasteiger partial charge is 0.493 e. The molecule has 0 aliphatic rings. The van der Waals surface area contributed by atoms with E-state index < -0.39 is 0 Å². The number of nitrogens with one attached hydrogen (secondary N) is 1. The number of aromatic nitrogens is 4. The second kappa shape index (κ2) is 7.91. The van der Waals surface area contributed by atoms with Crippen LogP contribution in [0.1, 0.15) is 17.3 Å². The number of rotatable bonds is 7. The molecule has 9 nitrogen and oxygen atoms in total. The van der Waals surface area contributed by atoms with Gasteiger partial charge in [0.1, 0.15) is 5.01 Å². The normalized spacial score (nSPS) is 10.6. The number of ether oxygens (including phenoxy) is 2. The Labute approximate surface area is 153 Å². The molecule has 26 heavy (non-hydrogen) atoms. The number of hydrogen-bond donors (Lipinski definition) is 1. The number of amides is 1. The van der Waals surface area contributed by atoms with E-state index in [0.29, 0.717) is 34.8 Å². The van der Waals surface area contributed by atoms with E-state index in [0.717, 1.165) is 10.6 Å². The molecule has 0 unspecified atom stereocenters. The number of anilines is 1. The number of benzene rings is 1. The van der Waals surface area contributed by atoms with Crippen molar-refractivity contribution < 1.29 is 18.8 Å². The molecule has 0 bridgehead atoms. The Morgan fingerprint density at radius 3 is 2.73 bits per heavy atom. The van der Waals surface area contributed by atoms with Gasteiger partial charge in [-0.15, -0.1) is 10.2 Å². The lowest BCUT2D eigenvalue weighted by molar-refractivity contribution is -0.116. The SMILES string of the molecule is COc1ccc(-c2noc(CCC(=O)Nc3nnc(C)s3)n2)cc1OC. The topological polar surface area (TPSA) is 112 Å². The summed E-state index contributed by atoms with van der Waals surface area (Å²) < 4.78 is 15.7. The van der Waals surface area contributed by atoms with Crippen LogP contribution in [-0.2, 0) is 11.2 Å². The zero-order valence-corrected chi connectivity index (χ0v) is 15.3. The average Bonchev–Trinajstić information content (AvgIpc) is 3.28. The Balaban J connectivity index is 1.62. The standard InChI is InChI=1S/C16H17N5O4S/c1-9-19-20-16(26-9)17-13(22)6-7-14-18-15(21-25-14)10-4-5-11(23-2)12(8-10)24-3/h4-5,8H,6-7H2,1-3H3,(H,17,20,22). The molecular weight excluding hydrogens is 358 g/mol. The van der Waals surface area contributed by atoms with Crippen molar-refractivity contribution >= 4 is 22.4 Å². The zero-order chi connectivity index (χ0) is 18.5. The molecule has 1 amide bonds. The van der Waals surface area contributed by atoms with Gasteiger partial charge in [-0.05, 0) is 25.1 Å². The third kappa shape index (κ3) is 4.14. The highest BCUT2D eigenvalue weighted by Crippen LogP contribution is 2.31. The summed E-state index contributed by atoms with van der Waals surface area (Å²) in [7, 11) is 3.12. The summed E-state index contributed by atoms with van der Waals surface area (Å²) in [6, 6.07) is 5.33. The van der Waals surface area contributed by atoms with Crippen LogP contribution in [0.5, 0.6) is 11.5 Å². The highest BCUT2D eigenvalue weighted by Gasteiger charge is 2.14. The summed E-state index contributed by atoms with van der Waals surface area (Å²) in [6.07, 6.45) is 0.524. The van der Waals surface area contributed by atoms with E-state index in [1.165, 1.54) is 11.3 Å². The summed E-state index contributed by atoms with van der Waals surface area (Å²) in [4.78, 5) is 16.2. The van der Waals surface area contributed by atoms with E-state index in [4.69, 9.17) is 14.0 Å². The summed E-state index contributed by atoms with van der Waals surface area (Å²) >= 11 is 1.32. The molecule has 0 fully saturated rings. The fourth-order valence-electron chi connectivity index (χ4n) is 2.20. The first kappa shape index (κ1) is 17.8. The van der Waals surface area contributed by atoms with Crippen molar-refractivity contribution in [1.29, 1.82) is 0 Å². The van der Waals surface area contributed by atoms with Crippen LogP contribution >= 0.6 is 11.3 Å². The van der Waals surface area contributed by atoms with Crippen LogP contribution in [0, 0.1) is 6.92 Å². The molecule has 1 aromatic carbocycles. The highest BCUT2D eigenvalue weighted by molar-refractivity contribution is 7.15. The van der Waals surface area contributed by atoms with Crippen LogP contribution in [0.25, 0.3) is 11.4 Å². The number of hydrogen-bond acceptors (Lipinski definition) is 9. The predicted octanol–water partition coefficient (Wildman–Crippen LogP) is 2.49. The van der Waals surface area contributed by atoms with Gasteiger partial charge in [-0.25, -0.2) is 0 Å². The summed E-state index contributed by atoms with van der Waals surface area (Å²) in [6.45, 7) is 1.82. The second-order valence-corrected chi connectivity index (χ2v) is 6.44. The van der Waals surface area contributed by atoms with Gasteiger partial charge in [0.25, 0.3) is 0 Å². The molecule has 0 saturated heterocycles. The monoisotopic (exact) mass is 375 g/mol. The van der Waals surface area contributed by atoms with E-state index in [-0.39, 0.29) is 12.3 Å². The molecule has 2 aromatic heterocycles. The lowest BCUT2D eigenvalue weighted by Gasteiger charge is -2.07. The van der Waals surface area contributed by atoms with Crippen LogP contribution in [0.3, 0.4) is 0 Å². The predicted molar refractivity (Wildman–Crippen MR) is 94.4 cm³/mol. The van der Waals surface area contributed by atoms with Gasteiger partial charge in [0, 0.05) is 18.4 Å². The van der Waals surface area contributed by atoms with Crippen molar-refractivity contribution in [3.8, 4) is 22.9 Å². The molecule has 2 heterocycles. The number of nitrogens with zero attached hydrogens (tertiary/aromatic N) is 4. The molecule has 0 atom stereocenters. The summed E-state index contributed by atoms with van der Waals surface area (Å²) in [5, 5.41) is 15.6.